The van der Waals surface area contributed by atoms with Crippen molar-refractivity contribution in [1.82, 2.24) is 9.78 Å². The van der Waals surface area contributed by atoms with Crippen molar-refractivity contribution < 1.29 is 9.90 Å². The Labute approximate surface area is 112 Å². The van der Waals surface area contributed by atoms with Gasteiger partial charge in [-0.2, -0.15) is 5.10 Å². The number of rotatable bonds is 4. The van der Waals surface area contributed by atoms with Crippen LogP contribution >= 0.6 is 0 Å². The van der Waals surface area contributed by atoms with E-state index in [1.807, 2.05) is 0 Å². The highest BCUT2D eigenvalue weighted by Gasteiger charge is 2.25. The normalized spacial score (nSPS) is 18.4. The van der Waals surface area contributed by atoms with Crippen LogP contribution in [-0.2, 0) is 24.2 Å². The summed E-state index contributed by atoms with van der Waals surface area (Å²) < 4.78 is 1.51. The van der Waals surface area contributed by atoms with E-state index >= 15 is 0 Å². The summed E-state index contributed by atoms with van der Waals surface area (Å²) in [7, 11) is 0. The van der Waals surface area contributed by atoms with E-state index < -0.39 is 5.97 Å². The van der Waals surface area contributed by atoms with Gasteiger partial charge < -0.3 is 5.11 Å². The topological polar surface area (TPSA) is 72.2 Å². The smallest absolute Gasteiger partial charge is 0.306 e. The van der Waals surface area contributed by atoms with E-state index in [1.54, 1.807) is 6.07 Å². The molecule has 0 unspecified atom stereocenters. The minimum absolute atomic E-state index is 0.120. The number of carboxylic acids is 1. The molecule has 1 heterocycles. The lowest BCUT2D eigenvalue weighted by molar-refractivity contribution is -0.142. The molecule has 5 heteroatoms. The molecule has 104 valence electrons. The molecule has 0 radical (unpaired) electrons. The maximum atomic E-state index is 11.9. The Morgan fingerprint density at radius 1 is 1.58 bits per heavy atom. The van der Waals surface area contributed by atoms with Crippen LogP contribution in [0.25, 0.3) is 0 Å². The molecule has 1 aliphatic carbocycles. The van der Waals surface area contributed by atoms with Crippen molar-refractivity contribution in [2.75, 3.05) is 0 Å². The number of nitrogens with zero attached hydrogens (tertiary/aromatic N) is 2. The summed E-state index contributed by atoms with van der Waals surface area (Å²) in [5.41, 5.74) is 1.58. The number of hydrogen-bond donors (Lipinski definition) is 1. The van der Waals surface area contributed by atoms with E-state index in [9.17, 15) is 9.59 Å². The third-order valence-corrected chi connectivity index (χ3v) is 3.63. The SMILES string of the molecule is CC(C)CCn1nc2c(cc1=O)C[C@H](C(=O)O)CC2. The average molecular weight is 264 g/mol. The average Bonchev–Trinajstić information content (AvgIpc) is 2.35. The van der Waals surface area contributed by atoms with Crippen molar-refractivity contribution in [2.24, 2.45) is 11.8 Å². The lowest BCUT2D eigenvalue weighted by Crippen LogP contribution is -2.30. The van der Waals surface area contributed by atoms with Crippen LogP contribution in [0.2, 0.25) is 0 Å². The summed E-state index contributed by atoms with van der Waals surface area (Å²) in [5.74, 6) is -0.629. The first-order valence-electron chi connectivity index (χ1n) is 6.80. The predicted molar refractivity (Wildman–Crippen MR) is 71.1 cm³/mol. The molecule has 2 rings (SSSR count). The standard InChI is InChI=1S/C14H20N2O3/c1-9(2)5-6-16-13(17)8-11-7-10(14(18)19)3-4-12(11)15-16/h8-10H,3-7H2,1-2H3,(H,18,19)/t10-/m1/s1. The maximum Gasteiger partial charge on any atom is 0.306 e. The number of carboxylic acid groups (broad SMARTS) is 1. The number of carbonyl (C=O) groups is 1. The van der Waals surface area contributed by atoms with Gasteiger partial charge in [-0.05, 0) is 37.2 Å². The third kappa shape index (κ3) is 3.22. The molecule has 1 N–H and O–H groups in total. The Morgan fingerprint density at radius 2 is 2.32 bits per heavy atom. The van der Waals surface area contributed by atoms with Crippen LogP contribution in [0, 0.1) is 11.8 Å². The number of hydrogen-bond acceptors (Lipinski definition) is 3. The predicted octanol–water partition coefficient (Wildman–Crippen LogP) is 1.48. The molecule has 1 aromatic rings. The summed E-state index contributed by atoms with van der Waals surface area (Å²) >= 11 is 0. The van der Waals surface area contributed by atoms with Gasteiger partial charge in [-0.1, -0.05) is 13.8 Å². The number of aromatic nitrogens is 2. The van der Waals surface area contributed by atoms with Gasteiger partial charge in [0.05, 0.1) is 11.6 Å². The molecule has 0 aliphatic heterocycles. The minimum atomic E-state index is -0.783. The minimum Gasteiger partial charge on any atom is -0.481 e. The largest absolute Gasteiger partial charge is 0.481 e. The van der Waals surface area contributed by atoms with Gasteiger partial charge in [0, 0.05) is 12.6 Å². The van der Waals surface area contributed by atoms with Crippen LogP contribution < -0.4 is 5.56 Å². The van der Waals surface area contributed by atoms with E-state index in [0.29, 0.717) is 31.7 Å². The summed E-state index contributed by atoms with van der Waals surface area (Å²) in [6.07, 6.45) is 2.60. The molecular weight excluding hydrogens is 244 g/mol. The van der Waals surface area contributed by atoms with Crippen LogP contribution in [0.15, 0.2) is 10.9 Å². The van der Waals surface area contributed by atoms with Gasteiger partial charge in [0.25, 0.3) is 5.56 Å². The highest BCUT2D eigenvalue weighted by Crippen LogP contribution is 2.23. The lowest BCUT2D eigenvalue weighted by atomic mass is 9.87. The van der Waals surface area contributed by atoms with E-state index in [1.165, 1.54) is 4.68 Å². The second-order valence-electron chi connectivity index (χ2n) is 5.64. The molecule has 1 aliphatic rings. The van der Waals surface area contributed by atoms with Crippen molar-refractivity contribution in [3.63, 3.8) is 0 Å². The number of fused-ring (bicyclic) bond motifs is 1. The fourth-order valence-corrected chi connectivity index (χ4v) is 2.38. The molecule has 0 fully saturated rings. The van der Waals surface area contributed by atoms with Gasteiger partial charge in [0.1, 0.15) is 0 Å². The van der Waals surface area contributed by atoms with E-state index in [4.69, 9.17) is 5.11 Å². The molecule has 5 nitrogen and oxygen atoms in total. The fourth-order valence-electron chi connectivity index (χ4n) is 2.38. The van der Waals surface area contributed by atoms with E-state index in [2.05, 4.69) is 18.9 Å². The first kappa shape index (κ1) is 13.8. The van der Waals surface area contributed by atoms with Crippen molar-refractivity contribution in [2.45, 2.75) is 46.1 Å². The van der Waals surface area contributed by atoms with Crippen molar-refractivity contribution in [3.05, 3.63) is 27.7 Å². The zero-order chi connectivity index (χ0) is 14.0. The molecule has 1 atom stereocenters. The molecule has 0 saturated heterocycles. The van der Waals surface area contributed by atoms with Gasteiger partial charge in [-0.3, -0.25) is 9.59 Å². The monoisotopic (exact) mass is 264 g/mol. The molecule has 0 aromatic carbocycles. The van der Waals surface area contributed by atoms with E-state index in [-0.39, 0.29) is 11.5 Å². The van der Waals surface area contributed by atoms with Crippen LogP contribution in [0.5, 0.6) is 0 Å². The fraction of sp³-hybridized carbons (Fsp3) is 0.643. The first-order valence-corrected chi connectivity index (χ1v) is 6.80. The molecule has 19 heavy (non-hydrogen) atoms. The van der Waals surface area contributed by atoms with Gasteiger partial charge in [-0.25, -0.2) is 4.68 Å². The quantitative estimate of drug-likeness (QED) is 0.894. The van der Waals surface area contributed by atoms with Crippen molar-refractivity contribution >= 4 is 5.97 Å². The first-order chi connectivity index (χ1) is 8.97. The number of aryl methyl sites for hydroxylation is 2. The molecule has 1 aromatic heterocycles. The third-order valence-electron chi connectivity index (χ3n) is 3.63. The highest BCUT2D eigenvalue weighted by atomic mass is 16.4. The summed E-state index contributed by atoms with van der Waals surface area (Å²) in [6, 6.07) is 1.57. The van der Waals surface area contributed by atoms with Crippen LogP contribution in [0.3, 0.4) is 0 Å². The Kier molecular flexibility index (Phi) is 4.02. The Balaban J connectivity index is 2.21. The Hall–Kier alpha value is -1.65. The van der Waals surface area contributed by atoms with Crippen molar-refractivity contribution in [3.8, 4) is 0 Å². The molecule has 0 spiro atoms. The Morgan fingerprint density at radius 3 is 2.95 bits per heavy atom. The summed E-state index contributed by atoms with van der Waals surface area (Å²) in [6.45, 7) is 4.86. The number of aliphatic carboxylic acids is 1. The maximum absolute atomic E-state index is 11.9. The second-order valence-corrected chi connectivity index (χ2v) is 5.64. The van der Waals surface area contributed by atoms with Crippen LogP contribution in [-0.4, -0.2) is 20.9 Å². The lowest BCUT2D eigenvalue weighted by Gasteiger charge is -2.21. The van der Waals surface area contributed by atoms with Crippen LogP contribution in [0.1, 0.15) is 37.9 Å². The molecule has 0 amide bonds. The van der Waals surface area contributed by atoms with Gasteiger partial charge in [0.15, 0.2) is 0 Å². The van der Waals surface area contributed by atoms with Gasteiger partial charge in [0.2, 0.25) is 0 Å². The Bertz CT molecular complexity index is 534. The van der Waals surface area contributed by atoms with Crippen LogP contribution in [0.4, 0.5) is 0 Å². The molecule has 0 saturated carbocycles. The molecular formula is C14H20N2O3. The van der Waals surface area contributed by atoms with Crippen molar-refractivity contribution in [1.29, 1.82) is 0 Å². The zero-order valence-corrected chi connectivity index (χ0v) is 11.4. The van der Waals surface area contributed by atoms with E-state index in [0.717, 1.165) is 17.7 Å². The summed E-state index contributed by atoms with van der Waals surface area (Å²) in [4.78, 5) is 22.9. The molecule has 0 bridgehead atoms. The van der Waals surface area contributed by atoms with Gasteiger partial charge >= 0.3 is 5.97 Å². The highest BCUT2D eigenvalue weighted by molar-refractivity contribution is 5.70. The summed E-state index contributed by atoms with van der Waals surface area (Å²) in [5, 5.41) is 13.4. The van der Waals surface area contributed by atoms with Gasteiger partial charge in [-0.15, -0.1) is 0 Å². The second kappa shape index (κ2) is 5.55. The zero-order valence-electron chi connectivity index (χ0n) is 11.4.